The molecule has 0 bridgehead atoms. The lowest BCUT2D eigenvalue weighted by molar-refractivity contribution is 0.0711. The van der Waals surface area contributed by atoms with Gasteiger partial charge in [0.1, 0.15) is 0 Å². The minimum Gasteiger partial charge on any atom is -0.494 e. The van der Waals surface area contributed by atoms with Gasteiger partial charge in [0.05, 0.1) is 7.11 Å². The van der Waals surface area contributed by atoms with Gasteiger partial charge in [0, 0.05) is 0 Å². The Balaban J connectivity index is 1.31. The van der Waals surface area contributed by atoms with E-state index >= 15 is 0 Å². The fraction of sp³-hybridized carbons (Fsp3) is 0.769. The van der Waals surface area contributed by atoms with Gasteiger partial charge in [-0.1, -0.05) is 38.7 Å². The number of hydrogen-bond acceptors (Lipinski definition) is 1. The predicted octanol–water partition coefficient (Wildman–Crippen LogP) is 7.74. The first-order chi connectivity index (χ1) is 13.7. The molecule has 3 saturated carbocycles. The van der Waals surface area contributed by atoms with E-state index in [0.29, 0.717) is 11.7 Å². The summed E-state index contributed by atoms with van der Waals surface area (Å²) in [7, 11) is 1.54. The van der Waals surface area contributed by atoms with Crippen molar-refractivity contribution in [1.82, 2.24) is 0 Å². The molecular weight excluding hydrogens is 347 g/mol. The van der Waals surface area contributed by atoms with Crippen LogP contribution in [0.15, 0.2) is 18.2 Å². The Morgan fingerprint density at radius 3 is 2.18 bits per heavy atom. The normalized spacial score (nSPS) is 36.0. The third-order valence-corrected chi connectivity index (χ3v) is 8.56. The second-order valence-electron chi connectivity index (χ2n) is 10.1. The second-order valence-corrected chi connectivity index (χ2v) is 10.1. The van der Waals surface area contributed by atoms with Crippen LogP contribution in [0.4, 0.5) is 4.39 Å². The zero-order valence-electron chi connectivity index (χ0n) is 18.0. The largest absolute Gasteiger partial charge is 0.494 e. The standard InChI is InChI=1S/C26H39FO/c1-3-4-18-5-7-19(8-6-18)20-9-10-22-16-23(12-11-21(22)15-20)24-13-14-26(28-2)25(27)17-24/h13-14,17-23H,3-12,15-16H2,1-2H3. The zero-order valence-corrected chi connectivity index (χ0v) is 18.0. The van der Waals surface area contributed by atoms with Crippen molar-refractivity contribution in [3.05, 3.63) is 29.6 Å². The van der Waals surface area contributed by atoms with Crippen LogP contribution in [-0.4, -0.2) is 7.11 Å². The number of fused-ring (bicyclic) bond motifs is 1. The number of benzene rings is 1. The van der Waals surface area contributed by atoms with Crippen LogP contribution in [0.25, 0.3) is 0 Å². The van der Waals surface area contributed by atoms with Crippen LogP contribution in [0.1, 0.15) is 95.5 Å². The fourth-order valence-corrected chi connectivity index (χ4v) is 6.95. The molecule has 0 saturated heterocycles. The van der Waals surface area contributed by atoms with Gasteiger partial charge >= 0.3 is 0 Å². The monoisotopic (exact) mass is 386 g/mol. The molecule has 2 heteroatoms. The smallest absolute Gasteiger partial charge is 0.165 e. The lowest BCUT2D eigenvalue weighted by Gasteiger charge is -2.45. The fourth-order valence-electron chi connectivity index (χ4n) is 6.95. The topological polar surface area (TPSA) is 9.23 Å². The second kappa shape index (κ2) is 9.18. The Labute approximate surface area is 171 Å². The van der Waals surface area contributed by atoms with Crippen LogP contribution < -0.4 is 4.74 Å². The first kappa shape index (κ1) is 20.2. The van der Waals surface area contributed by atoms with E-state index in [1.165, 1.54) is 89.7 Å². The van der Waals surface area contributed by atoms with E-state index in [1.54, 1.807) is 6.07 Å². The number of halogens is 1. The van der Waals surface area contributed by atoms with Crippen molar-refractivity contribution >= 4 is 0 Å². The minimum atomic E-state index is -0.204. The van der Waals surface area contributed by atoms with Gasteiger partial charge in [-0.2, -0.15) is 0 Å². The highest BCUT2D eigenvalue weighted by atomic mass is 19.1. The number of hydrogen-bond donors (Lipinski definition) is 0. The summed E-state index contributed by atoms with van der Waals surface area (Å²) in [5.74, 6) is 5.56. The van der Waals surface area contributed by atoms with E-state index in [-0.39, 0.29) is 5.82 Å². The highest BCUT2D eigenvalue weighted by Gasteiger charge is 2.39. The van der Waals surface area contributed by atoms with Crippen molar-refractivity contribution in [2.45, 2.75) is 89.9 Å². The molecule has 3 fully saturated rings. The Bertz CT molecular complexity index is 633. The average Bonchev–Trinajstić information content (AvgIpc) is 2.74. The summed E-state index contributed by atoms with van der Waals surface area (Å²) in [5.41, 5.74) is 1.19. The van der Waals surface area contributed by atoms with Crippen LogP contribution in [0.2, 0.25) is 0 Å². The highest BCUT2D eigenvalue weighted by molar-refractivity contribution is 5.31. The van der Waals surface area contributed by atoms with E-state index in [0.717, 1.165) is 29.6 Å². The van der Waals surface area contributed by atoms with Crippen molar-refractivity contribution in [3.63, 3.8) is 0 Å². The molecule has 3 aliphatic rings. The van der Waals surface area contributed by atoms with Gasteiger partial charge in [0.2, 0.25) is 0 Å². The summed E-state index contributed by atoms with van der Waals surface area (Å²) < 4.78 is 19.2. The third kappa shape index (κ3) is 4.41. The summed E-state index contributed by atoms with van der Waals surface area (Å²) in [5, 5.41) is 0. The third-order valence-electron chi connectivity index (χ3n) is 8.56. The summed E-state index contributed by atoms with van der Waals surface area (Å²) >= 11 is 0. The van der Waals surface area contributed by atoms with Crippen molar-refractivity contribution in [1.29, 1.82) is 0 Å². The van der Waals surface area contributed by atoms with Gasteiger partial charge in [0.15, 0.2) is 11.6 Å². The molecule has 0 spiro atoms. The highest BCUT2D eigenvalue weighted by Crippen LogP contribution is 2.51. The van der Waals surface area contributed by atoms with Gasteiger partial charge < -0.3 is 4.74 Å². The molecule has 28 heavy (non-hydrogen) atoms. The Kier molecular flexibility index (Phi) is 6.63. The molecule has 4 rings (SSSR count). The van der Waals surface area contributed by atoms with Gasteiger partial charge in [-0.05, 0) is 105 Å². The molecule has 0 heterocycles. The molecule has 1 aromatic carbocycles. The molecule has 0 aromatic heterocycles. The van der Waals surface area contributed by atoms with Crippen molar-refractivity contribution in [2.75, 3.05) is 7.11 Å². The van der Waals surface area contributed by atoms with Crippen LogP contribution in [0.5, 0.6) is 5.75 Å². The Morgan fingerprint density at radius 2 is 1.50 bits per heavy atom. The Morgan fingerprint density at radius 1 is 0.857 bits per heavy atom. The quantitative estimate of drug-likeness (QED) is 0.503. The van der Waals surface area contributed by atoms with Gasteiger partial charge in [-0.15, -0.1) is 0 Å². The summed E-state index contributed by atoms with van der Waals surface area (Å²) in [6.45, 7) is 2.34. The van der Waals surface area contributed by atoms with E-state index in [4.69, 9.17) is 4.74 Å². The summed E-state index contributed by atoms with van der Waals surface area (Å²) in [6.07, 6.45) is 17.0. The minimum absolute atomic E-state index is 0.204. The lowest BCUT2D eigenvalue weighted by atomic mass is 9.60. The maximum absolute atomic E-state index is 14.1. The first-order valence-electron chi connectivity index (χ1n) is 12.0. The average molecular weight is 387 g/mol. The van der Waals surface area contributed by atoms with Crippen molar-refractivity contribution in [2.24, 2.45) is 29.6 Å². The van der Waals surface area contributed by atoms with Gasteiger partial charge in [-0.25, -0.2) is 4.39 Å². The molecule has 4 atom stereocenters. The van der Waals surface area contributed by atoms with Crippen LogP contribution in [0, 0.1) is 35.4 Å². The molecule has 1 nitrogen and oxygen atoms in total. The maximum Gasteiger partial charge on any atom is 0.165 e. The van der Waals surface area contributed by atoms with Crippen LogP contribution >= 0.6 is 0 Å². The first-order valence-corrected chi connectivity index (χ1v) is 12.0. The molecule has 0 radical (unpaired) electrons. The molecule has 156 valence electrons. The van der Waals surface area contributed by atoms with Crippen molar-refractivity contribution in [3.8, 4) is 5.75 Å². The number of rotatable bonds is 5. The molecular formula is C26H39FO. The lowest BCUT2D eigenvalue weighted by Crippen LogP contribution is -2.34. The van der Waals surface area contributed by atoms with Gasteiger partial charge in [0.25, 0.3) is 0 Å². The van der Waals surface area contributed by atoms with Crippen molar-refractivity contribution < 1.29 is 9.13 Å². The van der Waals surface area contributed by atoms with Crippen LogP contribution in [0.3, 0.4) is 0 Å². The van der Waals surface area contributed by atoms with E-state index in [2.05, 4.69) is 13.0 Å². The molecule has 1 aromatic rings. The summed E-state index contributed by atoms with van der Waals surface area (Å²) in [6, 6.07) is 5.63. The van der Waals surface area contributed by atoms with E-state index < -0.39 is 0 Å². The van der Waals surface area contributed by atoms with Gasteiger partial charge in [-0.3, -0.25) is 0 Å². The molecule has 0 N–H and O–H groups in total. The molecule has 0 aliphatic heterocycles. The number of ether oxygens (including phenoxy) is 1. The predicted molar refractivity (Wildman–Crippen MR) is 114 cm³/mol. The van der Waals surface area contributed by atoms with E-state index in [1.807, 2.05) is 6.07 Å². The molecule has 3 aliphatic carbocycles. The maximum atomic E-state index is 14.1. The SMILES string of the molecule is CCCC1CCC(C2CCC3CC(c4ccc(OC)c(F)c4)CCC3C2)CC1. The zero-order chi connectivity index (χ0) is 19.5. The van der Waals surface area contributed by atoms with E-state index in [9.17, 15) is 4.39 Å². The summed E-state index contributed by atoms with van der Waals surface area (Å²) in [4.78, 5) is 0. The Hall–Kier alpha value is -1.05. The molecule has 0 amide bonds. The number of methoxy groups -OCH3 is 1. The molecule has 4 unspecified atom stereocenters. The van der Waals surface area contributed by atoms with Crippen LogP contribution in [-0.2, 0) is 0 Å².